The molecule has 0 aliphatic heterocycles. The quantitative estimate of drug-likeness (QED) is 0.737. The largest absolute Gasteiger partial charge is 0.302 e. The maximum Gasteiger partial charge on any atom is 0.277 e. The number of nitrogens with zero attached hydrogens (tertiary/aromatic N) is 2. The van der Waals surface area contributed by atoms with E-state index in [0.717, 1.165) is 27.7 Å². The molecule has 0 atom stereocenters. The summed E-state index contributed by atoms with van der Waals surface area (Å²) >= 11 is 0. The van der Waals surface area contributed by atoms with E-state index in [2.05, 4.69) is 18.9 Å². The van der Waals surface area contributed by atoms with Crippen molar-refractivity contribution >= 4 is 16.7 Å². The molecule has 5 heteroatoms. The van der Waals surface area contributed by atoms with E-state index in [1.165, 1.54) is 22.0 Å². The first kappa shape index (κ1) is 16.2. The van der Waals surface area contributed by atoms with Gasteiger partial charge < -0.3 is 5.10 Å². The third-order valence-corrected chi connectivity index (χ3v) is 4.94. The lowest BCUT2D eigenvalue weighted by molar-refractivity contribution is 0.103. The average molecular weight is 323 g/mol. The molecule has 1 aromatic carbocycles. The normalized spacial score (nSPS) is 11.2. The van der Waals surface area contributed by atoms with E-state index in [9.17, 15) is 9.59 Å². The fraction of sp³-hybridized carbons (Fsp3) is 0.316. The van der Waals surface area contributed by atoms with Crippen molar-refractivity contribution in [3.63, 3.8) is 0 Å². The first-order valence-corrected chi connectivity index (χ1v) is 7.90. The molecule has 0 saturated carbocycles. The molecule has 1 N–H and O–H groups in total. The van der Waals surface area contributed by atoms with Crippen molar-refractivity contribution in [3.05, 3.63) is 61.7 Å². The summed E-state index contributed by atoms with van der Waals surface area (Å²) in [6, 6.07) is 1.87. The minimum atomic E-state index is -0.318. The number of carbonyl (C=O) groups excluding carboxylic acids is 1. The second kappa shape index (κ2) is 5.44. The third kappa shape index (κ3) is 2.19. The lowest BCUT2D eigenvalue weighted by Gasteiger charge is -2.15. The van der Waals surface area contributed by atoms with Crippen LogP contribution in [0.4, 0.5) is 0 Å². The van der Waals surface area contributed by atoms with Crippen molar-refractivity contribution < 1.29 is 4.79 Å². The smallest absolute Gasteiger partial charge is 0.277 e. The van der Waals surface area contributed by atoms with Gasteiger partial charge in [0.25, 0.3) is 5.56 Å². The number of hydrogen-bond acceptors (Lipinski definition) is 3. The Morgan fingerprint density at radius 3 is 2.29 bits per heavy atom. The highest BCUT2D eigenvalue weighted by Gasteiger charge is 2.21. The molecular weight excluding hydrogens is 302 g/mol. The van der Waals surface area contributed by atoms with Crippen LogP contribution >= 0.6 is 0 Å². The summed E-state index contributed by atoms with van der Waals surface area (Å²) in [6.45, 7) is 10.0. The van der Waals surface area contributed by atoms with Crippen LogP contribution in [0.2, 0.25) is 0 Å². The van der Waals surface area contributed by atoms with Gasteiger partial charge in [0, 0.05) is 29.9 Å². The van der Waals surface area contributed by atoms with Gasteiger partial charge in [0.15, 0.2) is 0 Å². The monoisotopic (exact) mass is 323 g/mol. The lowest BCUT2D eigenvalue weighted by atomic mass is 9.91. The number of H-pyrrole nitrogens is 1. The van der Waals surface area contributed by atoms with E-state index < -0.39 is 0 Å². The van der Waals surface area contributed by atoms with Crippen LogP contribution in [0.3, 0.4) is 0 Å². The van der Waals surface area contributed by atoms with Crippen LogP contribution in [0.15, 0.2) is 17.1 Å². The molecule has 0 aliphatic rings. The second-order valence-corrected chi connectivity index (χ2v) is 6.42. The SMILES string of the molecule is Cc1nc2c(C)c(C(=O)c3c[nH]n(C)c3=O)cc(C)c2c(C)c1C. The number of ketones is 1. The number of fused-ring (bicyclic) bond motifs is 1. The van der Waals surface area contributed by atoms with E-state index in [1.54, 1.807) is 7.05 Å². The molecule has 0 radical (unpaired) electrons. The van der Waals surface area contributed by atoms with Gasteiger partial charge in [0.1, 0.15) is 5.56 Å². The van der Waals surface area contributed by atoms with Crippen LogP contribution in [0, 0.1) is 34.6 Å². The molecule has 0 amide bonds. The number of aromatic amines is 1. The Morgan fingerprint density at radius 1 is 1.04 bits per heavy atom. The standard InChI is InChI=1S/C19H21N3O2/c1-9-7-14(18(23)15-8-20-22(6)19(15)24)12(4)17-16(9)11(3)10(2)13(5)21-17/h7-8,20H,1-6H3. The highest BCUT2D eigenvalue weighted by Crippen LogP contribution is 2.30. The highest BCUT2D eigenvalue weighted by atomic mass is 16.2. The number of rotatable bonds is 2. The summed E-state index contributed by atoms with van der Waals surface area (Å²) in [4.78, 5) is 29.7. The lowest BCUT2D eigenvalue weighted by Crippen LogP contribution is -2.20. The van der Waals surface area contributed by atoms with Crippen molar-refractivity contribution in [3.8, 4) is 0 Å². The number of aryl methyl sites for hydroxylation is 5. The number of aromatic nitrogens is 3. The highest BCUT2D eigenvalue weighted by molar-refractivity contribution is 6.12. The summed E-state index contributed by atoms with van der Waals surface area (Å²) in [5, 5.41) is 3.84. The Bertz CT molecular complexity index is 1050. The van der Waals surface area contributed by atoms with Crippen LogP contribution in [0.25, 0.3) is 10.9 Å². The van der Waals surface area contributed by atoms with Gasteiger partial charge in [-0.15, -0.1) is 0 Å². The van der Waals surface area contributed by atoms with Crippen molar-refractivity contribution in [2.75, 3.05) is 0 Å². The summed E-state index contributed by atoms with van der Waals surface area (Å²) in [7, 11) is 1.59. The Morgan fingerprint density at radius 2 is 1.71 bits per heavy atom. The summed E-state index contributed by atoms with van der Waals surface area (Å²) in [5.41, 5.74) is 6.34. The van der Waals surface area contributed by atoms with Crippen LogP contribution in [0.1, 0.15) is 43.9 Å². The molecule has 124 valence electrons. The van der Waals surface area contributed by atoms with E-state index >= 15 is 0 Å². The maximum atomic E-state index is 12.9. The van der Waals surface area contributed by atoms with Crippen LogP contribution in [0.5, 0.6) is 0 Å². The van der Waals surface area contributed by atoms with E-state index in [-0.39, 0.29) is 16.9 Å². The molecule has 0 bridgehead atoms. The van der Waals surface area contributed by atoms with Crippen molar-refractivity contribution in [1.29, 1.82) is 0 Å². The molecule has 3 rings (SSSR count). The molecule has 0 spiro atoms. The molecule has 2 heterocycles. The first-order chi connectivity index (χ1) is 11.2. The predicted molar refractivity (Wildman–Crippen MR) is 94.9 cm³/mol. The van der Waals surface area contributed by atoms with Gasteiger partial charge in [-0.3, -0.25) is 19.3 Å². The Kier molecular flexibility index (Phi) is 3.67. The number of nitrogens with one attached hydrogen (secondary N) is 1. The molecular formula is C19H21N3O2. The van der Waals surface area contributed by atoms with Crippen LogP contribution in [-0.2, 0) is 7.05 Å². The topological polar surface area (TPSA) is 67.8 Å². The second-order valence-electron chi connectivity index (χ2n) is 6.42. The number of pyridine rings is 1. The van der Waals surface area contributed by atoms with Gasteiger partial charge in [0.05, 0.1) is 5.52 Å². The number of benzene rings is 1. The van der Waals surface area contributed by atoms with Gasteiger partial charge in [-0.05, 0) is 62.9 Å². The summed E-state index contributed by atoms with van der Waals surface area (Å²) in [5.74, 6) is -0.267. The molecule has 0 aliphatic carbocycles. The molecule has 2 aromatic heterocycles. The third-order valence-electron chi connectivity index (χ3n) is 4.94. The Hall–Kier alpha value is -2.69. The van der Waals surface area contributed by atoms with Crippen LogP contribution < -0.4 is 5.56 Å². The molecule has 0 fully saturated rings. The zero-order valence-electron chi connectivity index (χ0n) is 14.9. The fourth-order valence-corrected chi connectivity index (χ4v) is 3.23. The molecule has 5 nitrogen and oxygen atoms in total. The van der Waals surface area contributed by atoms with Gasteiger partial charge in [-0.1, -0.05) is 0 Å². The average Bonchev–Trinajstić information content (AvgIpc) is 2.87. The number of carbonyl (C=O) groups is 1. The van der Waals surface area contributed by atoms with Gasteiger partial charge >= 0.3 is 0 Å². The zero-order valence-corrected chi connectivity index (χ0v) is 14.9. The number of hydrogen-bond donors (Lipinski definition) is 1. The maximum absolute atomic E-state index is 12.9. The van der Waals surface area contributed by atoms with Crippen molar-refractivity contribution in [1.82, 2.24) is 14.8 Å². The molecule has 3 aromatic rings. The van der Waals surface area contributed by atoms with E-state index in [1.807, 2.05) is 26.8 Å². The predicted octanol–water partition coefficient (Wildman–Crippen LogP) is 3.03. The van der Waals surface area contributed by atoms with Gasteiger partial charge in [-0.2, -0.15) is 0 Å². The minimum Gasteiger partial charge on any atom is -0.302 e. The molecule has 0 saturated heterocycles. The summed E-state index contributed by atoms with van der Waals surface area (Å²) in [6.07, 6.45) is 1.46. The van der Waals surface area contributed by atoms with Gasteiger partial charge in [0.2, 0.25) is 5.78 Å². The Balaban J connectivity index is 2.33. The fourth-order valence-electron chi connectivity index (χ4n) is 3.23. The summed E-state index contributed by atoms with van der Waals surface area (Å²) < 4.78 is 1.30. The van der Waals surface area contributed by atoms with Gasteiger partial charge in [-0.25, -0.2) is 0 Å². The zero-order chi connectivity index (χ0) is 17.8. The van der Waals surface area contributed by atoms with E-state index in [0.29, 0.717) is 5.56 Å². The first-order valence-electron chi connectivity index (χ1n) is 7.90. The molecule has 24 heavy (non-hydrogen) atoms. The minimum absolute atomic E-state index is 0.153. The van der Waals surface area contributed by atoms with Crippen molar-refractivity contribution in [2.24, 2.45) is 7.05 Å². The van der Waals surface area contributed by atoms with Crippen LogP contribution in [-0.4, -0.2) is 20.5 Å². The Labute approximate surface area is 140 Å². The molecule has 0 unspecified atom stereocenters. The van der Waals surface area contributed by atoms with Crippen molar-refractivity contribution in [2.45, 2.75) is 34.6 Å². The van der Waals surface area contributed by atoms with E-state index in [4.69, 9.17) is 4.98 Å².